The van der Waals surface area contributed by atoms with Crippen molar-refractivity contribution in [2.45, 2.75) is 81.8 Å². The molecule has 1 aliphatic carbocycles. The number of hydrogen-bond donors (Lipinski definition) is 4. The monoisotopic (exact) mass is 493 g/mol. The second-order valence-electron chi connectivity index (χ2n) is 10.1. The van der Waals surface area contributed by atoms with Crippen LogP contribution in [-0.4, -0.2) is 48.0 Å². The minimum Gasteiger partial charge on any atom is -0.487 e. The van der Waals surface area contributed by atoms with Crippen LogP contribution >= 0.6 is 0 Å². The first kappa shape index (κ1) is 24.6. The van der Waals surface area contributed by atoms with E-state index in [0.717, 1.165) is 42.6 Å². The zero-order valence-electron chi connectivity index (χ0n) is 20.6. The van der Waals surface area contributed by atoms with Gasteiger partial charge >= 0.3 is 6.03 Å². The summed E-state index contributed by atoms with van der Waals surface area (Å²) >= 11 is 0. The summed E-state index contributed by atoms with van der Waals surface area (Å²) in [6.45, 7) is 1.77. The topological polar surface area (TPSA) is 109 Å². The summed E-state index contributed by atoms with van der Waals surface area (Å²) in [4.78, 5) is 25.3. The molecular formula is C28H35N3O5. The molecule has 1 saturated carbocycles. The van der Waals surface area contributed by atoms with E-state index >= 15 is 0 Å². The zero-order chi connectivity index (χ0) is 25.1. The number of urea groups is 1. The summed E-state index contributed by atoms with van der Waals surface area (Å²) in [7, 11) is 0. The van der Waals surface area contributed by atoms with Crippen molar-refractivity contribution in [2.24, 2.45) is 0 Å². The van der Waals surface area contributed by atoms with Crippen LogP contribution in [0.3, 0.4) is 0 Å². The predicted octanol–water partition coefficient (Wildman–Crippen LogP) is 4.01. The molecule has 2 heterocycles. The first-order valence-electron chi connectivity index (χ1n) is 13.0. The molecule has 8 nitrogen and oxygen atoms in total. The molecule has 3 amide bonds. The van der Waals surface area contributed by atoms with E-state index in [1.807, 2.05) is 55.5 Å². The second kappa shape index (κ2) is 10.9. The number of anilines is 1. The molecule has 2 aliphatic heterocycles. The van der Waals surface area contributed by atoms with Gasteiger partial charge in [0.25, 0.3) is 0 Å². The van der Waals surface area contributed by atoms with Crippen molar-refractivity contribution >= 4 is 17.6 Å². The Bertz CT molecular complexity index is 1070. The van der Waals surface area contributed by atoms with Crippen molar-refractivity contribution in [1.29, 1.82) is 0 Å². The standard InChI is InChI=1S/C28H35N3O5/c1-17(18-7-3-2-4-8-18)29-26(33)15-21-14-23-22-13-20(31-28(34)30-19-9-5-6-10-19)11-12-24(22)36-27(23)25(16-32)35-21/h2-4,7-8,11-13,17,19,21,23,25,27,32H,5-6,9-10,14-16H2,1H3,(H,29,33)(H2,30,31,34)/t17-,21-,23-,25-,27+/m0/s1. The molecule has 0 bridgehead atoms. The Morgan fingerprint density at radius 1 is 1.11 bits per heavy atom. The number of benzene rings is 2. The van der Waals surface area contributed by atoms with Crippen molar-refractivity contribution in [1.82, 2.24) is 10.6 Å². The van der Waals surface area contributed by atoms with Crippen molar-refractivity contribution in [3.05, 3.63) is 59.7 Å². The molecule has 5 rings (SSSR count). The molecule has 0 aromatic heterocycles. The van der Waals surface area contributed by atoms with Gasteiger partial charge in [-0.3, -0.25) is 4.79 Å². The van der Waals surface area contributed by atoms with E-state index in [2.05, 4.69) is 16.0 Å². The fraction of sp³-hybridized carbons (Fsp3) is 0.500. The number of aliphatic hydroxyl groups excluding tert-OH is 1. The van der Waals surface area contributed by atoms with Crippen molar-refractivity contribution < 1.29 is 24.2 Å². The average molecular weight is 494 g/mol. The first-order chi connectivity index (χ1) is 17.5. The van der Waals surface area contributed by atoms with Gasteiger partial charge in [-0.05, 0) is 49.9 Å². The molecule has 2 aromatic carbocycles. The fourth-order valence-corrected chi connectivity index (χ4v) is 5.72. The SMILES string of the molecule is C[C@H](NC(=O)C[C@@H]1C[C@H]2c3cc(NC(=O)NC4CCCC4)ccc3O[C@H]2[C@H](CO)O1)c1ccccc1. The molecule has 2 aromatic rings. The van der Waals surface area contributed by atoms with Crippen LogP contribution < -0.4 is 20.7 Å². The Labute approximate surface area is 211 Å². The second-order valence-corrected chi connectivity index (χ2v) is 10.1. The molecule has 1 saturated heterocycles. The molecule has 192 valence electrons. The smallest absolute Gasteiger partial charge is 0.319 e. The molecule has 0 unspecified atom stereocenters. The van der Waals surface area contributed by atoms with E-state index in [0.29, 0.717) is 12.1 Å². The van der Waals surface area contributed by atoms with Gasteiger partial charge in [0.15, 0.2) is 0 Å². The number of fused-ring (bicyclic) bond motifs is 3. The molecule has 0 spiro atoms. The fourth-order valence-electron chi connectivity index (χ4n) is 5.72. The van der Waals surface area contributed by atoms with Crippen molar-refractivity contribution in [2.75, 3.05) is 11.9 Å². The van der Waals surface area contributed by atoms with Crippen LogP contribution in [0.1, 0.15) is 68.5 Å². The third-order valence-electron chi connectivity index (χ3n) is 7.54. The normalized spacial score (nSPS) is 25.8. The van der Waals surface area contributed by atoms with Crippen LogP contribution in [0.5, 0.6) is 5.75 Å². The number of ether oxygens (including phenoxy) is 2. The van der Waals surface area contributed by atoms with Gasteiger partial charge in [0.2, 0.25) is 5.91 Å². The third-order valence-corrected chi connectivity index (χ3v) is 7.54. The molecule has 2 fully saturated rings. The summed E-state index contributed by atoms with van der Waals surface area (Å²) in [5.41, 5.74) is 2.72. The Kier molecular flexibility index (Phi) is 7.43. The number of carbonyl (C=O) groups excluding carboxylic acids is 2. The Hall–Kier alpha value is -3.10. The lowest BCUT2D eigenvalue weighted by Gasteiger charge is -2.37. The predicted molar refractivity (Wildman–Crippen MR) is 136 cm³/mol. The van der Waals surface area contributed by atoms with Crippen molar-refractivity contribution in [3.63, 3.8) is 0 Å². The lowest BCUT2D eigenvalue weighted by molar-refractivity contribution is -0.142. The lowest BCUT2D eigenvalue weighted by Crippen LogP contribution is -2.47. The van der Waals surface area contributed by atoms with Gasteiger partial charge < -0.3 is 30.5 Å². The molecule has 5 atom stereocenters. The van der Waals surface area contributed by atoms with E-state index in [1.165, 1.54) is 0 Å². The highest BCUT2D eigenvalue weighted by Crippen LogP contribution is 2.47. The highest BCUT2D eigenvalue weighted by Gasteiger charge is 2.46. The van der Waals surface area contributed by atoms with Crippen LogP contribution in [0.15, 0.2) is 48.5 Å². The van der Waals surface area contributed by atoms with Gasteiger partial charge in [-0.25, -0.2) is 4.79 Å². The van der Waals surface area contributed by atoms with Gasteiger partial charge in [0.1, 0.15) is 18.0 Å². The van der Waals surface area contributed by atoms with Crippen LogP contribution in [0.4, 0.5) is 10.5 Å². The van der Waals surface area contributed by atoms with Gasteiger partial charge in [-0.15, -0.1) is 0 Å². The summed E-state index contributed by atoms with van der Waals surface area (Å²) < 4.78 is 12.2. The van der Waals surface area contributed by atoms with Gasteiger partial charge in [0.05, 0.1) is 25.2 Å². The molecule has 4 N–H and O–H groups in total. The van der Waals surface area contributed by atoms with Gasteiger partial charge in [-0.1, -0.05) is 43.2 Å². The molecule has 36 heavy (non-hydrogen) atoms. The van der Waals surface area contributed by atoms with Crippen molar-refractivity contribution in [3.8, 4) is 5.75 Å². The Balaban J connectivity index is 1.23. The lowest BCUT2D eigenvalue weighted by atomic mass is 9.84. The summed E-state index contributed by atoms with van der Waals surface area (Å²) in [6.07, 6.45) is 3.97. The van der Waals surface area contributed by atoms with Gasteiger partial charge in [0, 0.05) is 23.2 Å². The van der Waals surface area contributed by atoms with Crippen LogP contribution in [-0.2, 0) is 9.53 Å². The van der Waals surface area contributed by atoms with E-state index < -0.39 is 6.10 Å². The van der Waals surface area contributed by atoms with Crippen LogP contribution in [0.2, 0.25) is 0 Å². The Morgan fingerprint density at radius 2 is 1.89 bits per heavy atom. The molecule has 8 heteroatoms. The van der Waals surface area contributed by atoms with Gasteiger partial charge in [-0.2, -0.15) is 0 Å². The number of amides is 3. The van der Waals surface area contributed by atoms with E-state index in [-0.39, 0.29) is 55.2 Å². The molecular weight excluding hydrogens is 458 g/mol. The average Bonchev–Trinajstić information content (AvgIpc) is 3.51. The molecule has 3 aliphatic rings. The minimum absolute atomic E-state index is 0.0325. The highest BCUT2D eigenvalue weighted by molar-refractivity contribution is 5.89. The quantitative estimate of drug-likeness (QED) is 0.466. The highest BCUT2D eigenvalue weighted by atomic mass is 16.6. The maximum atomic E-state index is 12.8. The summed E-state index contributed by atoms with van der Waals surface area (Å²) in [6, 6.07) is 15.4. The minimum atomic E-state index is -0.525. The van der Waals surface area contributed by atoms with Crippen LogP contribution in [0, 0.1) is 0 Å². The number of hydrogen-bond acceptors (Lipinski definition) is 5. The summed E-state index contributed by atoms with van der Waals surface area (Å²) in [5.74, 6) is 0.608. The number of rotatable bonds is 7. The zero-order valence-corrected chi connectivity index (χ0v) is 20.6. The number of aliphatic hydroxyl groups is 1. The van der Waals surface area contributed by atoms with E-state index in [1.54, 1.807) is 0 Å². The third kappa shape index (κ3) is 5.50. The van der Waals surface area contributed by atoms with E-state index in [4.69, 9.17) is 9.47 Å². The molecule has 0 radical (unpaired) electrons. The first-order valence-corrected chi connectivity index (χ1v) is 13.0. The van der Waals surface area contributed by atoms with Crippen LogP contribution in [0.25, 0.3) is 0 Å². The maximum Gasteiger partial charge on any atom is 0.319 e. The maximum absolute atomic E-state index is 12.8. The largest absolute Gasteiger partial charge is 0.487 e. The number of carbonyl (C=O) groups is 2. The number of nitrogens with one attached hydrogen (secondary N) is 3. The Morgan fingerprint density at radius 3 is 2.64 bits per heavy atom. The summed E-state index contributed by atoms with van der Waals surface area (Å²) in [5, 5.41) is 19.0. The van der Waals surface area contributed by atoms with E-state index in [9.17, 15) is 14.7 Å².